The van der Waals surface area contributed by atoms with Gasteiger partial charge in [0.2, 0.25) is 5.91 Å². The molecule has 1 fully saturated rings. The van der Waals surface area contributed by atoms with E-state index in [9.17, 15) is 4.79 Å². The first-order valence-electron chi connectivity index (χ1n) is 7.53. The minimum absolute atomic E-state index is 0. The fourth-order valence-corrected chi connectivity index (χ4v) is 2.02. The van der Waals surface area contributed by atoms with Crippen molar-refractivity contribution in [1.29, 1.82) is 0 Å². The summed E-state index contributed by atoms with van der Waals surface area (Å²) in [7, 11) is 3.20. The van der Waals surface area contributed by atoms with Crippen molar-refractivity contribution in [3.63, 3.8) is 0 Å². The highest BCUT2D eigenvalue weighted by Crippen LogP contribution is 2.30. The van der Waals surface area contributed by atoms with Crippen LogP contribution >= 0.6 is 12.4 Å². The van der Waals surface area contributed by atoms with E-state index in [1.165, 1.54) is 12.8 Å². The highest BCUT2D eigenvalue weighted by atomic mass is 35.5. The Hall–Kier alpha value is -1.50. The number of benzene rings is 1. The number of amides is 1. The number of nitrogens with one attached hydrogen (secondary N) is 2. The van der Waals surface area contributed by atoms with Gasteiger partial charge in [-0.3, -0.25) is 4.79 Å². The molecule has 0 spiro atoms. The van der Waals surface area contributed by atoms with Gasteiger partial charge in [0.25, 0.3) is 0 Å². The van der Waals surface area contributed by atoms with Gasteiger partial charge in [0, 0.05) is 18.9 Å². The Morgan fingerprint density at radius 3 is 2.65 bits per heavy atom. The van der Waals surface area contributed by atoms with Crippen molar-refractivity contribution in [2.45, 2.75) is 12.8 Å². The lowest BCUT2D eigenvalue weighted by Gasteiger charge is -2.13. The maximum atomic E-state index is 11.9. The van der Waals surface area contributed by atoms with E-state index in [-0.39, 0.29) is 18.3 Å². The van der Waals surface area contributed by atoms with Gasteiger partial charge < -0.3 is 24.8 Å². The molecule has 0 aromatic heterocycles. The van der Waals surface area contributed by atoms with Crippen molar-refractivity contribution >= 4 is 24.0 Å². The quantitative estimate of drug-likeness (QED) is 0.636. The van der Waals surface area contributed by atoms with E-state index >= 15 is 0 Å². The summed E-state index contributed by atoms with van der Waals surface area (Å²) in [5.41, 5.74) is 0.687. The van der Waals surface area contributed by atoms with Crippen LogP contribution in [0.4, 0.5) is 5.69 Å². The Labute approximate surface area is 143 Å². The van der Waals surface area contributed by atoms with Crippen LogP contribution in [-0.4, -0.2) is 46.4 Å². The summed E-state index contributed by atoms with van der Waals surface area (Å²) in [5.74, 6) is 1.91. The third kappa shape index (κ3) is 7.07. The Morgan fingerprint density at radius 2 is 2.00 bits per heavy atom. The molecule has 1 aliphatic rings. The zero-order chi connectivity index (χ0) is 15.8. The van der Waals surface area contributed by atoms with E-state index in [4.69, 9.17) is 14.2 Å². The molecule has 6 nitrogen and oxygen atoms in total. The van der Waals surface area contributed by atoms with Gasteiger partial charge in [0.05, 0.1) is 20.3 Å². The molecule has 1 aromatic carbocycles. The molecule has 0 saturated heterocycles. The van der Waals surface area contributed by atoms with E-state index in [0.717, 1.165) is 12.5 Å². The zero-order valence-corrected chi connectivity index (χ0v) is 14.4. The summed E-state index contributed by atoms with van der Waals surface area (Å²) in [4.78, 5) is 11.9. The maximum absolute atomic E-state index is 11.9. The first-order chi connectivity index (χ1) is 10.7. The fraction of sp³-hybridized carbons (Fsp3) is 0.562. The molecule has 23 heavy (non-hydrogen) atoms. The molecular formula is C16H25ClN2O4. The Kier molecular flexibility index (Phi) is 8.76. The van der Waals surface area contributed by atoms with Gasteiger partial charge in [-0.15, -0.1) is 12.4 Å². The highest BCUT2D eigenvalue weighted by molar-refractivity contribution is 5.92. The Morgan fingerprint density at radius 1 is 1.22 bits per heavy atom. The molecule has 1 amide bonds. The van der Waals surface area contributed by atoms with Crippen LogP contribution in [0.5, 0.6) is 11.5 Å². The largest absolute Gasteiger partial charge is 0.493 e. The molecule has 130 valence electrons. The van der Waals surface area contributed by atoms with E-state index in [1.807, 2.05) is 0 Å². The number of halogens is 1. The molecule has 1 saturated carbocycles. The molecule has 2 rings (SSSR count). The smallest absolute Gasteiger partial charge is 0.238 e. The average Bonchev–Trinajstić information content (AvgIpc) is 3.32. The third-order valence-electron chi connectivity index (χ3n) is 3.41. The molecule has 0 heterocycles. The van der Waals surface area contributed by atoms with Gasteiger partial charge >= 0.3 is 0 Å². The standard InChI is InChI=1S/C16H24N2O4.ClH/c1-20-7-8-22-15-9-13(5-6-14(15)21-2)18-16(19)11-17-10-12-3-4-12;/h5-6,9,12,17H,3-4,7-8,10-11H2,1-2H3,(H,18,19);1H. The van der Waals surface area contributed by atoms with Crippen LogP contribution in [0.2, 0.25) is 0 Å². The Bertz CT molecular complexity index is 495. The summed E-state index contributed by atoms with van der Waals surface area (Å²) in [6.07, 6.45) is 2.55. The van der Waals surface area contributed by atoms with Crippen LogP contribution in [-0.2, 0) is 9.53 Å². The van der Waals surface area contributed by atoms with E-state index in [2.05, 4.69) is 10.6 Å². The Balaban J connectivity index is 0.00000264. The topological polar surface area (TPSA) is 68.8 Å². The van der Waals surface area contributed by atoms with Crippen molar-refractivity contribution in [3.05, 3.63) is 18.2 Å². The molecule has 2 N–H and O–H groups in total. The predicted molar refractivity (Wildman–Crippen MR) is 91.8 cm³/mol. The van der Waals surface area contributed by atoms with Gasteiger partial charge in [-0.2, -0.15) is 0 Å². The average molecular weight is 345 g/mol. The number of rotatable bonds is 10. The van der Waals surface area contributed by atoms with E-state index in [1.54, 1.807) is 32.4 Å². The third-order valence-corrected chi connectivity index (χ3v) is 3.41. The summed E-state index contributed by atoms with van der Waals surface area (Å²) in [6.45, 7) is 2.15. The molecule has 0 bridgehead atoms. The van der Waals surface area contributed by atoms with Crippen LogP contribution in [0.3, 0.4) is 0 Å². The fourth-order valence-electron chi connectivity index (χ4n) is 2.02. The number of methoxy groups -OCH3 is 2. The van der Waals surface area contributed by atoms with Crippen LogP contribution in [0.15, 0.2) is 18.2 Å². The molecule has 7 heteroatoms. The molecule has 0 radical (unpaired) electrons. The maximum Gasteiger partial charge on any atom is 0.238 e. The van der Waals surface area contributed by atoms with E-state index in [0.29, 0.717) is 36.9 Å². The lowest BCUT2D eigenvalue weighted by molar-refractivity contribution is -0.115. The second-order valence-electron chi connectivity index (χ2n) is 5.33. The first kappa shape index (κ1) is 19.5. The normalized spacial score (nSPS) is 13.1. The monoisotopic (exact) mass is 344 g/mol. The SMILES string of the molecule is COCCOc1cc(NC(=O)CNCC2CC2)ccc1OC.Cl. The van der Waals surface area contributed by atoms with Gasteiger partial charge in [-0.05, 0) is 37.4 Å². The van der Waals surface area contributed by atoms with Crippen molar-refractivity contribution in [3.8, 4) is 11.5 Å². The van der Waals surface area contributed by atoms with Gasteiger partial charge in [-0.1, -0.05) is 0 Å². The molecule has 0 atom stereocenters. The van der Waals surface area contributed by atoms with Crippen LogP contribution < -0.4 is 20.1 Å². The van der Waals surface area contributed by atoms with Crippen molar-refractivity contribution in [2.24, 2.45) is 5.92 Å². The van der Waals surface area contributed by atoms with Crippen molar-refractivity contribution in [2.75, 3.05) is 45.8 Å². The van der Waals surface area contributed by atoms with Crippen LogP contribution in [0, 0.1) is 5.92 Å². The minimum atomic E-state index is -0.0614. The van der Waals surface area contributed by atoms with Crippen molar-refractivity contribution in [1.82, 2.24) is 5.32 Å². The number of carbonyl (C=O) groups is 1. The zero-order valence-electron chi connectivity index (χ0n) is 13.6. The lowest BCUT2D eigenvalue weighted by atomic mass is 10.2. The van der Waals surface area contributed by atoms with Gasteiger partial charge in [-0.25, -0.2) is 0 Å². The highest BCUT2D eigenvalue weighted by Gasteiger charge is 2.20. The van der Waals surface area contributed by atoms with E-state index < -0.39 is 0 Å². The predicted octanol–water partition coefficient (Wildman–Crippen LogP) is 2.08. The first-order valence-corrected chi connectivity index (χ1v) is 7.53. The number of anilines is 1. The molecule has 0 unspecified atom stereocenters. The second-order valence-corrected chi connectivity index (χ2v) is 5.33. The summed E-state index contributed by atoms with van der Waals surface area (Å²) in [5, 5.41) is 6.01. The van der Waals surface area contributed by atoms with Gasteiger partial charge in [0.1, 0.15) is 6.61 Å². The second kappa shape index (κ2) is 10.3. The number of ether oxygens (including phenoxy) is 3. The number of carbonyl (C=O) groups excluding carboxylic acids is 1. The molecule has 1 aliphatic carbocycles. The summed E-state index contributed by atoms with van der Waals surface area (Å²) < 4.78 is 15.8. The lowest BCUT2D eigenvalue weighted by Crippen LogP contribution is -2.29. The molecule has 0 aliphatic heterocycles. The molecule has 1 aromatic rings. The van der Waals surface area contributed by atoms with Crippen LogP contribution in [0.1, 0.15) is 12.8 Å². The minimum Gasteiger partial charge on any atom is -0.493 e. The number of hydrogen-bond donors (Lipinski definition) is 2. The van der Waals surface area contributed by atoms with Crippen LogP contribution in [0.25, 0.3) is 0 Å². The summed E-state index contributed by atoms with van der Waals surface area (Å²) >= 11 is 0. The van der Waals surface area contributed by atoms with Crippen molar-refractivity contribution < 1.29 is 19.0 Å². The van der Waals surface area contributed by atoms with Gasteiger partial charge in [0.15, 0.2) is 11.5 Å². The number of hydrogen-bond acceptors (Lipinski definition) is 5. The molecular weight excluding hydrogens is 320 g/mol. The summed E-state index contributed by atoms with van der Waals surface area (Å²) in [6, 6.07) is 5.32.